The molecule has 170 valence electrons. The number of anilines is 1. The van der Waals surface area contributed by atoms with Gasteiger partial charge in [0.2, 0.25) is 0 Å². The number of carboxylic acids is 1. The number of rotatable bonds is 2. The molecule has 2 aromatic carbocycles. The lowest BCUT2D eigenvalue weighted by Gasteiger charge is -2.28. The number of aromatic nitrogens is 2. The van der Waals surface area contributed by atoms with Gasteiger partial charge in [0, 0.05) is 24.3 Å². The van der Waals surface area contributed by atoms with Crippen LogP contribution in [0.1, 0.15) is 30.5 Å². The minimum Gasteiger partial charge on any atom is -0.492 e. The minimum atomic E-state index is -4.59. The average molecular weight is 471 g/mol. The van der Waals surface area contributed by atoms with Crippen molar-refractivity contribution >= 4 is 40.2 Å². The van der Waals surface area contributed by atoms with Gasteiger partial charge in [-0.3, -0.25) is 9.89 Å². The predicted molar refractivity (Wildman–Crippen MR) is 111 cm³/mol. The monoisotopic (exact) mass is 470 g/mol. The Bertz CT molecular complexity index is 1150. The first-order chi connectivity index (χ1) is 15.1. The molecule has 0 fully saturated rings. The Labute approximate surface area is 184 Å². The molecule has 0 aliphatic carbocycles. The Kier molecular flexibility index (Phi) is 6.78. The maximum absolute atomic E-state index is 13.0. The van der Waals surface area contributed by atoms with Gasteiger partial charge in [-0.25, -0.2) is 4.79 Å². The van der Waals surface area contributed by atoms with E-state index < -0.39 is 34.8 Å². The molecule has 0 saturated carbocycles. The van der Waals surface area contributed by atoms with E-state index in [1.807, 2.05) is 6.07 Å². The number of carbonyl (C=O) groups is 2. The van der Waals surface area contributed by atoms with Crippen LogP contribution in [0.3, 0.4) is 0 Å². The normalized spacial score (nSPS) is 15.1. The fourth-order valence-electron chi connectivity index (χ4n) is 3.19. The summed E-state index contributed by atoms with van der Waals surface area (Å²) in [5, 5.41) is 19.9. The standard InChI is InChI=1S/C18H14ClF3N4O2.C2H4O2/c19-15-11(18(20,21)22)5-4-9-13(6-7-28-16(9)15)25-17(27)24-12-2-1-3-14-10(12)8-23-26-14;1-2(3)4/h1-5,8,13H,6-7H2,(H,23,26)(H2,24,25,27);1H3,(H,3,4). The summed E-state index contributed by atoms with van der Waals surface area (Å²) in [5.74, 6) is -0.884. The Balaban J connectivity index is 0.000000668. The second kappa shape index (κ2) is 9.35. The summed E-state index contributed by atoms with van der Waals surface area (Å²) in [7, 11) is 0. The lowest BCUT2D eigenvalue weighted by atomic mass is 9.98. The van der Waals surface area contributed by atoms with E-state index in [4.69, 9.17) is 26.2 Å². The van der Waals surface area contributed by atoms with Crippen LogP contribution < -0.4 is 15.4 Å². The number of halogens is 4. The van der Waals surface area contributed by atoms with E-state index in [1.54, 1.807) is 18.3 Å². The van der Waals surface area contributed by atoms with Gasteiger partial charge in [-0.1, -0.05) is 23.7 Å². The Morgan fingerprint density at radius 1 is 1.28 bits per heavy atom. The fraction of sp³-hybridized carbons (Fsp3) is 0.250. The van der Waals surface area contributed by atoms with Crippen LogP contribution in [-0.2, 0) is 11.0 Å². The van der Waals surface area contributed by atoms with E-state index in [2.05, 4.69) is 20.8 Å². The number of hydrogen-bond donors (Lipinski definition) is 4. The molecular weight excluding hydrogens is 453 g/mol. The molecule has 0 bridgehead atoms. The number of H-pyrrole nitrogens is 1. The predicted octanol–water partition coefficient (Wildman–Crippen LogP) is 4.97. The van der Waals surface area contributed by atoms with Crippen molar-refractivity contribution in [3.8, 4) is 5.75 Å². The number of carboxylic acid groups (broad SMARTS) is 1. The Morgan fingerprint density at radius 2 is 2.00 bits per heavy atom. The molecule has 1 atom stereocenters. The molecule has 12 heteroatoms. The van der Waals surface area contributed by atoms with E-state index in [-0.39, 0.29) is 12.4 Å². The van der Waals surface area contributed by atoms with Gasteiger partial charge < -0.3 is 20.5 Å². The summed E-state index contributed by atoms with van der Waals surface area (Å²) in [6.07, 6.45) is -2.60. The van der Waals surface area contributed by atoms with Crippen LogP contribution in [0.5, 0.6) is 5.75 Å². The third-order valence-electron chi connectivity index (χ3n) is 4.50. The van der Waals surface area contributed by atoms with Gasteiger partial charge in [-0.15, -0.1) is 0 Å². The SMILES string of the molecule is CC(=O)O.O=C(Nc1cccc2[nH]ncc12)NC1CCOc2c1ccc(C(F)(F)F)c2Cl. The number of alkyl halides is 3. The van der Waals surface area contributed by atoms with Crippen molar-refractivity contribution in [2.75, 3.05) is 11.9 Å². The van der Waals surface area contributed by atoms with Crippen molar-refractivity contribution in [3.05, 3.63) is 52.7 Å². The number of urea groups is 1. The number of ether oxygens (including phenoxy) is 1. The van der Waals surface area contributed by atoms with Crippen molar-refractivity contribution in [2.24, 2.45) is 0 Å². The van der Waals surface area contributed by atoms with Crippen molar-refractivity contribution in [3.63, 3.8) is 0 Å². The lowest BCUT2D eigenvalue weighted by molar-refractivity contribution is -0.137. The van der Waals surface area contributed by atoms with E-state index in [9.17, 15) is 18.0 Å². The minimum absolute atomic E-state index is 0.0509. The third-order valence-corrected chi connectivity index (χ3v) is 4.87. The van der Waals surface area contributed by atoms with E-state index in [0.29, 0.717) is 17.7 Å². The van der Waals surface area contributed by atoms with Crippen LogP contribution >= 0.6 is 11.6 Å². The second-order valence-electron chi connectivity index (χ2n) is 6.79. The summed E-state index contributed by atoms with van der Waals surface area (Å²) in [4.78, 5) is 21.5. The molecule has 0 spiro atoms. The molecule has 4 N–H and O–H groups in total. The highest BCUT2D eigenvalue weighted by molar-refractivity contribution is 6.33. The first kappa shape index (κ1) is 23.2. The second-order valence-corrected chi connectivity index (χ2v) is 7.17. The topological polar surface area (TPSA) is 116 Å². The maximum atomic E-state index is 13.0. The molecule has 1 unspecified atom stereocenters. The van der Waals surface area contributed by atoms with Crippen LogP contribution in [0.4, 0.5) is 23.7 Å². The number of hydrogen-bond acceptors (Lipinski definition) is 4. The molecule has 8 nitrogen and oxygen atoms in total. The highest BCUT2D eigenvalue weighted by Crippen LogP contribution is 2.44. The van der Waals surface area contributed by atoms with Gasteiger partial charge in [0.1, 0.15) is 5.75 Å². The van der Waals surface area contributed by atoms with Crippen LogP contribution in [0, 0.1) is 0 Å². The summed E-state index contributed by atoms with van der Waals surface area (Å²) in [5.41, 5.74) is 0.757. The van der Waals surface area contributed by atoms with Crippen LogP contribution in [0.15, 0.2) is 36.5 Å². The smallest absolute Gasteiger partial charge is 0.417 e. The molecule has 2 heterocycles. The quantitative estimate of drug-likeness (QED) is 0.422. The number of aromatic amines is 1. The Hall–Kier alpha value is -3.47. The van der Waals surface area contributed by atoms with E-state index in [0.717, 1.165) is 23.9 Å². The van der Waals surface area contributed by atoms with E-state index >= 15 is 0 Å². The molecule has 32 heavy (non-hydrogen) atoms. The molecule has 0 saturated heterocycles. The Morgan fingerprint density at radius 3 is 2.69 bits per heavy atom. The van der Waals surface area contributed by atoms with Crippen LogP contribution in [-0.4, -0.2) is 33.9 Å². The summed E-state index contributed by atoms with van der Waals surface area (Å²) < 4.78 is 44.5. The number of nitrogens with zero attached hydrogens (tertiary/aromatic N) is 1. The molecule has 2 amide bonds. The van der Waals surface area contributed by atoms with Gasteiger partial charge in [0.05, 0.1) is 40.6 Å². The number of nitrogens with one attached hydrogen (secondary N) is 3. The van der Waals surface area contributed by atoms with Crippen molar-refractivity contribution < 1.29 is 32.6 Å². The average Bonchev–Trinajstić information content (AvgIpc) is 3.17. The van der Waals surface area contributed by atoms with Crippen LogP contribution in [0.25, 0.3) is 10.9 Å². The summed E-state index contributed by atoms with van der Waals surface area (Å²) in [6, 6.07) is 6.45. The molecule has 0 radical (unpaired) electrons. The van der Waals surface area contributed by atoms with Gasteiger partial charge in [0.25, 0.3) is 5.97 Å². The zero-order valence-corrected chi connectivity index (χ0v) is 17.3. The molecule has 1 aliphatic heterocycles. The highest BCUT2D eigenvalue weighted by atomic mass is 35.5. The third kappa shape index (κ3) is 5.22. The number of benzene rings is 2. The van der Waals surface area contributed by atoms with Gasteiger partial charge in [-0.05, 0) is 18.2 Å². The van der Waals surface area contributed by atoms with Crippen molar-refractivity contribution in [1.82, 2.24) is 15.5 Å². The van der Waals surface area contributed by atoms with E-state index in [1.165, 1.54) is 6.07 Å². The van der Waals surface area contributed by atoms with Gasteiger partial charge in [-0.2, -0.15) is 18.3 Å². The largest absolute Gasteiger partial charge is 0.492 e. The summed E-state index contributed by atoms with van der Waals surface area (Å²) in [6.45, 7) is 1.22. The molecule has 1 aromatic heterocycles. The number of carbonyl (C=O) groups excluding carboxylic acids is 1. The number of fused-ring (bicyclic) bond motifs is 2. The number of aliphatic carboxylic acids is 1. The van der Waals surface area contributed by atoms with Crippen molar-refractivity contribution in [2.45, 2.75) is 25.6 Å². The van der Waals surface area contributed by atoms with Gasteiger partial charge >= 0.3 is 12.2 Å². The van der Waals surface area contributed by atoms with Crippen LogP contribution in [0.2, 0.25) is 5.02 Å². The summed E-state index contributed by atoms with van der Waals surface area (Å²) >= 11 is 5.91. The first-order valence-electron chi connectivity index (χ1n) is 9.29. The molecular formula is C20H18ClF3N4O4. The molecule has 3 aromatic rings. The van der Waals surface area contributed by atoms with Gasteiger partial charge in [0.15, 0.2) is 0 Å². The highest BCUT2D eigenvalue weighted by Gasteiger charge is 2.37. The molecule has 4 rings (SSSR count). The zero-order valence-electron chi connectivity index (χ0n) is 16.6. The van der Waals surface area contributed by atoms with Crippen molar-refractivity contribution in [1.29, 1.82) is 0 Å². The first-order valence-corrected chi connectivity index (χ1v) is 9.67. The molecule has 1 aliphatic rings. The maximum Gasteiger partial charge on any atom is 0.417 e. The number of amides is 2. The lowest BCUT2D eigenvalue weighted by Crippen LogP contribution is -2.35. The fourth-order valence-corrected chi connectivity index (χ4v) is 3.52. The zero-order chi connectivity index (χ0) is 23.5.